The zero-order valence-electron chi connectivity index (χ0n) is 15.7. The van der Waals surface area contributed by atoms with Gasteiger partial charge in [0.15, 0.2) is 5.72 Å². The average Bonchev–Trinajstić information content (AvgIpc) is 2.71. The quantitative estimate of drug-likeness (QED) is 0.610. The summed E-state index contributed by atoms with van der Waals surface area (Å²) in [4.78, 5) is 37.6. The lowest BCUT2D eigenvalue weighted by Gasteiger charge is -2.53. The predicted octanol–water partition coefficient (Wildman–Crippen LogP) is 2.92. The molecule has 150 valence electrons. The summed E-state index contributed by atoms with van der Waals surface area (Å²) in [7, 11) is 0. The van der Waals surface area contributed by atoms with Gasteiger partial charge in [-0.15, -0.1) is 0 Å². The molecule has 0 unspecified atom stereocenters. The van der Waals surface area contributed by atoms with Crippen molar-refractivity contribution in [3.05, 3.63) is 75.8 Å². The van der Waals surface area contributed by atoms with E-state index in [1.807, 2.05) is 30.3 Å². The van der Waals surface area contributed by atoms with Gasteiger partial charge in [0.05, 0.1) is 23.4 Å². The van der Waals surface area contributed by atoms with Crippen molar-refractivity contribution in [2.24, 2.45) is 5.92 Å². The van der Waals surface area contributed by atoms with E-state index < -0.39 is 28.6 Å². The normalized spacial score (nSPS) is 26.6. The fourth-order valence-corrected chi connectivity index (χ4v) is 4.37. The molecule has 1 saturated carbocycles. The third-order valence-corrected chi connectivity index (χ3v) is 5.78. The first kappa shape index (κ1) is 19.1. The summed E-state index contributed by atoms with van der Waals surface area (Å²) < 4.78 is 0. The maximum atomic E-state index is 13.0. The lowest BCUT2D eigenvalue weighted by atomic mass is 9.71. The fourth-order valence-electron chi connectivity index (χ4n) is 4.37. The number of ketones is 1. The number of urea groups is 1. The van der Waals surface area contributed by atoms with Gasteiger partial charge < -0.3 is 10.4 Å². The zero-order chi connectivity index (χ0) is 20.6. The van der Waals surface area contributed by atoms with E-state index in [1.54, 1.807) is 0 Å². The molecular formula is C21H21N3O5. The molecule has 2 aliphatic rings. The van der Waals surface area contributed by atoms with E-state index in [2.05, 4.69) is 5.32 Å². The number of carbonyl (C=O) groups is 2. The second-order valence-corrected chi connectivity index (χ2v) is 7.52. The van der Waals surface area contributed by atoms with Crippen LogP contribution in [0.4, 0.5) is 10.5 Å². The minimum Gasteiger partial charge on any atom is -0.370 e. The van der Waals surface area contributed by atoms with Crippen molar-refractivity contribution >= 4 is 17.5 Å². The molecule has 1 saturated heterocycles. The lowest BCUT2D eigenvalue weighted by Crippen LogP contribution is -2.69. The molecule has 0 radical (unpaired) electrons. The molecule has 29 heavy (non-hydrogen) atoms. The maximum Gasteiger partial charge on any atom is 0.320 e. The molecule has 4 rings (SSSR count). The van der Waals surface area contributed by atoms with E-state index >= 15 is 0 Å². The zero-order valence-corrected chi connectivity index (χ0v) is 15.7. The van der Waals surface area contributed by atoms with Crippen LogP contribution in [0.15, 0.2) is 54.6 Å². The first-order chi connectivity index (χ1) is 13.9. The highest BCUT2D eigenvalue weighted by atomic mass is 16.6. The summed E-state index contributed by atoms with van der Waals surface area (Å²) in [6, 6.07) is 13.8. The number of nitro groups is 1. The number of nitrogens with one attached hydrogen (secondary N) is 1. The lowest BCUT2D eigenvalue weighted by molar-refractivity contribution is -0.384. The van der Waals surface area contributed by atoms with Crippen LogP contribution in [0.5, 0.6) is 0 Å². The van der Waals surface area contributed by atoms with Gasteiger partial charge in [-0.1, -0.05) is 42.5 Å². The van der Waals surface area contributed by atoms with Crippen molar-refractivity contribution in [2.75, 3.05) is 0 Å². The Hall–Kier alpha value is -3.26. The second kappa shape index (κ2) is 7.29. The Labute approximate surface area is 167 Å². The van der Waals surface area contributed by atoms with Crippen molar-refractivity contribution in [3.8, 4) is 0 Å². The highest BCUT2D eigenvalue weighted by molar-refractivity contribution is 5.88. The Morgan fingerprint density at radius 1 is 1.14 bits per heavy atom. The molecule has 2 N–H and O–H groups in total. The number of amides is 2. The van der Waals surface area contributed by atoms with Gasteiger partial charge in [-0.2, -0.15) is 0 Å². The number of hydrogen-bond donors (Lipinski definition) is 2. The second-order valence-electron chi connectivity index (χ2n) is 7.52. The number of non-ortho nitro benzene ring substituents is 1. The van der Waals surface area contributed by atoms with Crippen LogP contribution in [0.3, 0.4) is 0 Å². The smallest absolute Gasteiger partial charge is 0.320 e. The third kappa shape index (κ3) is 3.36. The van der Waals surface area contributed by atoms with Crippen LogP contribution in [0, 0.1) is 16.0 Å². The summed E-state index contributed by atoms with van der Waals surface area (Å²) in [6.07, 6.45) is 1.12. The van der Waals surface area contributed by atoms with E-state index in [9.17, 15) is 24.8 Å². The summed E-state index contributed by atoms with van der Waals surface area (Å²) in [6.45, 7) is 0.180. The predicted molar refractivity (Wildman–Crippen MR) is 104 cm³/mol. The van der Waals surface area contributed by atoms with Crippen LogP contribution in [0.1, 0.15) is 36.4 Å². The van der Waals surface area contributed by atoms with E-state index in [4.69, 9.17) is 0 Å². The molecule has 2 amide bonds. The molecule has 1 aliphatic heterocycles. The molecule has 0 spiro atoms. The summed E-state index contributed by atoms with van der Waals surface area (Å²) >= 11 is 0. The highest BCUT2D eigenvalue weighted by Gasteiger charge is 2.57. The molecule has 0 bridgehead atoms. The number of Topliss-reactive ketones (excluding diaryl/α,β-unsaturated/α-hetero) is 1. The van der Waals surface area contributed by atoms with Crippen LogP contribution < -0.4 is 5.32 Å². The Balaban J connectivity index is 1.70. The molecule has 2 aromatic rings. The Bertz CT molecular complexity index is 947. The van der Waals surface area contributed by atoms with Gasteiger partial charge in [0.1, 0.15) is 5.78 Å². The summed E-state index contributed by atoms with van der Waals surface area (Å²) in [5.74, 6) is -0.973. The molecule has 1 aliphatic carbocycles. The molecule has 8 nitrogen and oxygen atoms in total. The van der Waals surface area contributed by atoms with Crippen LogP contribution in [0.25, 0.3) is 0 Å². The van der Waals surface area contributed by atoms with Crippen molar-refractivity contribution in [1.82, 2.24) is 10.2 Å². The van der Waals surface area contributed by atoms with Crippen LogP contribution >= 0.6 is 0 Å². The molecule has 3 atom stereocenters. The number of hydrogen-bond acceptors (Lipinski definition) is 5. The summed E-state index contributed by atoms with van der Waals surface area (Å²) in [5, 5.41) is 25.3. The first-order valence-corrected chi connectivity index (χ1v) is 9.51. The molecule has 2 fully saturated rings. The summed E-state index contributed by atoms with van der Waals surface area (Å²) in [5.41, 5.74) is -0.282. The van der Waals surface area contributed by atoms with Gasteiger partial charge >= 0.3 is 6.03 Å². The molecule has 2 aromatic carbocycles. The van der Waals surface area contributed by atoms with Gasteiger partial charge in [-0.3, -0.25) is 19.8 Å². The Morgan fingerprint density at radius 3 is 2.48 bits per heavy atom. The maximum absolute atomic E-state index is 13.0. The molecule has 8 heteroatoms. The number of aliphatic hydroxyl groups is 1. The average molecular weight is 395 g/mol. The standard InChI is InChI=1S/C21H21N3O5/c25-17-7-4-12-21(27)18(17)19(15-8-10-16(11-9-15)24(28)29)22-20(26)23(21)13-14-5-2-1-3-6-14/h1-3,5-6,8-11,18-19,27H,4,7,12-13H2,(H,22,26)/t18-,19+,21+/m1/s1. The van der Waals surface area contributed by atoms with Crippen molar-refractivity contribution in [1.29, 1.82) is 0 Å². The minimum atomic E-state index is -1.61. The van der Waals surface area contributed by atoms with Gasteiger partial charge in [0, 0.05) is 18.6 Å². The van der Waals surface area contributed by atoms with Crippen molar-refractivity contribution in [2.45, 2.75) is 37.6 Å². The first-order valence-electron chi connectivity index (χ1n) is 9.51. The fraction of sp³-hybridized carbons (Fsp3) is 0.333. The van der Waals surface area contributed by atoms with Crippen molar-refractivity contribution < 1.29 is 19.6 Å². The van der Waals surface area contributed by atoms with Gasteiger partial charge in [-0.05, 0) is 24.0 Å². The Morgan fingerprint density at radius 2 is 1.83 bits per heavy atom. The molecule has 0 aromatic heterocycles. The van der Waals surface area contributed by atoms with Crippen LogP contribution in [-0.2, 0) is 11.3 Å². The van der Waals surface area contributed by atoms with E-state index in [1.165, 1.54) is 29.2 Å². The number of nitro benzene ring substituents is 1. The largest absolute Gasteiger partial charge is 0.370 e. The van der Waals surface area contributed by atoms with E-state index in [0.29, 0.717) is 24.8 Å². The highest BCUT2D eigenvalue weighted by Crippen LogP contribution is 2.45. The van der Waals surface area contributed by atoms with Gasteiger partial charge in [-0.25, -0.2) is 4.79 Å². The number of fused-ring (bicyclic) bond motifs is 1. The monoisotopic (exact) mass is 395 g/mol. The number of nitrogens with zero attached hydrogens (tertiary/aromatic N) is 2. The number of rotatable bonds is 4. The van der Waals surface area contributed by atoms with Gasteiger partial charge in [0.25, 0.3) is 5.69 Å². The van der Waals surface area contributed by atoms with E-state index in [0.717, 1.165) is 5.56 Å². The van der Waals surface area contributed by atoms with Crippen LogP contribution in [0.2, 0.25) is 0 Å². The number of carbonyl (C=O) groups excluding carboxylic acids is 2. The molecular weight excluding hydrogens is 374 g/mol. The minimum absolute atomic E-state index is 0.0770. The van der Waals surface area contributed by atoms with Gasteiger partial charge in [0.2, 0.25) is 0 Å². The molecule has 1 heterocycles. The SMILES string of the molecule is O=C1CCC[C@]2(O)[C@H]1[C@H](c1ccc([N+](=O)[O-])cc1)NC(=O)N2Cc1ccccc1. The van der Waals surface area contributed by atoms with Crippen molar-refractivity contribution in [3.63, 3.8) is 0 Å². The third-order valence-electron chi connectivity index (χ3n) is 5.78. The van der Waals surface area contributed by atoms with E-state index in [-0.39, 0.29) is 18.0 Å². The Kier molecular flexibility index (Phi) is 4.79. The topological polar surface area (TPSA) is 113 Å². The number of benzene rings is 2. The van der Waals surface area contributed by atoms with Crippen LogP contribution in [-0.4, -0.2) is 32.5 Å².